The summed E-state index contributed by atoms with van der Waals surface area (Å²) >= 11 is 0. The number of benzene rings is 2. The molecule has 4 aromatic rings. The van der Waals surface area contributed by atoms with E-state index in [2.05, 4.69) is 56.0 Å². The third-order valence-electron chi connectivity index (χ3n) is 5.82. The number of nitrogens with one attached hydrogen (secondary N) is 2. The van der Waals surface area contributed by atoms with Crippen molar-refractivity contribution in [1.29, 1.82) is 0 Å². The molecule has 0 radical (unpaired) electrons. The van der Waals surface area contributed by atoms with Gasteiger partial charge in [-0.3, -0.25) is 4.79 Å². The Labute approximate surface area is 191 Å². The molecule has 33 heavy (non-hydrogen) atoms. The molecule has 8 nitrogen and oxygen atoms in total. The predicted molar refractivity (Wildman–Crippen MR) is 125 cm³/mol. The van der Waals surface area contributed by atoms with Gasteiger partial charge in [0.15, 0.2) is 5.82 Å². The van der Waals surface area contributed by atoms with Crippen LogP contribution in [0.2, 0.25) is 0 Å². The fourth-order valence-corrected chi connectivity index (χ4v) is 4.10. The lowest BCUT2D eigenvalue weighted by molar-refractivity contribution is -0.117. The first kappa shape index (κ1) is 20.8. The largest absolute Gasteiger partial charge is 0.478 e. The van der Waals surface area contributed by atoms with Crippen molar-refractivity contribution in [2.24, 2.45) is 5.92 Å². The summed E-state index contributed by atoms with van der Waals surface area (Å²) in [5.41, 5.74) is 5.69. The van der Waals surface area contributed by atoms with Crippen molar-refractivity contribution in [2.45, 2.75) is 26.2 Å². The Morgan fingerprint density at radius 2 is 2.06 bits per heavy atom. The maximum Gasteiger partial charge on any atom is 0.228 e. The molecule has 1 saturated carbocycles. The van der Waals surface area contributed by atoms with Gasteiger partial charge in [0.05, 0.1) is 6.61 Å². The smallest absolute Gasteiger partial charge is 0.228 e. The highest BCUT2D eigenvalue weighted by Gasteiger charge is 2.43. The summed E-state index contributed by atoms with van der Waals surface area (Å²) in [5, 5.41) is 17.4. The number of carbonyl (C=O) groups is 1. The Morgan fingerprint density at radius 1 is 1.15 bits per heavy atom. The first-order chi connectivity index (χ1) is 16.1. The van der Waals surface area contributed by atoms with Gasteiger partial charge in [-0.05, 0) is 65.9 Å². The van der Waals surface area contributed by atoms with Gasteiger partial charge >= 0.3 is 0 Å². The first-order valence-corrected chi connectivity index (χ1v) is 11.0. The van der Waals surface area contributed by atoms with E-state index in [9.17, 15) is 4.79 Å². The van der Waals surface area contributed by atoms with Crippen molar-refractivity contribution in [3.63, 3.8) is 0 Å². The summed E-state index contributed by atoms with van der Waals surface area (Å²) in [6, 6.07) is 17.9. The van der Waals surface area contributed by atoms with Crippen LogP contribution in [0, 0.1) is 12.8 Å². The summed E-state index contributed by atoms with van der Waals surface area (Å²) < 4.78 is 5.44. The lowest BCUT2D eigenvalue weighted by Crippen LogP contribution is -2.14. The van der Waals surface area contributed by atoms with E-state index in [1.165, 1.54) is 11.1 Å². The predicted octanol–water partition coefficient (Wildman–Crippen LogP) is 4.38. The number of tetrazole rings is 1. The van der Waals surface area contributed by atoms with Crippen LogP contribution in [0.25, 0.3) is 22.5 Å². The molecular formula is C25H24N6O2. The SMILES string of the molecule is CCOc1ccc(-c2ccc(NC(=O)C3CC3c3cccc(C)c3)cc2-c2nnn[nH]2)cn1. The molecule has 0 saturated heterocycles. The molecule has 2 N–H and O–H groups in total. The van der Waals surface area contributed by atoms with E-state index < -0.39 is 0 Å². The fraction of sp³-hybridized carbons (Fsp3) is 0.240. The van der Waals surface area contributed by atoms with Crippen LogP contribution < -0.4 is 10.1 Å². The van der Waals surface area contributed by atoms with E-state index in [0.29, 0.717) is 24.0 Å². The van der Waals surface area contributed by atoms with Gasteiger partial charge in [0, 0.05) is 35.0 Å². The molecule has 0 aliphatic heterocycles. The highest BCUT2D eigenvalue weighted by Crippen LogP contribution is 2.48. The number of aromatic nitrogens is 5. The van der Waals surface area contributed by atoms with Crippen molar-refractivity contribution in [1.82, 2.24) is 25.6 Å². The van der Waals surface area contributed by atoms with Crippen LogP contribution in [-0.4, -0.2) is 38.1 Å². The van der Waals surface area contributed by atoms with Crippen LogP contribution in [-0.2, 0) is 4.79 Å². The second-order valence-corrected chi connectivity index (χ2v) is 8.18. The summed E-state index contributed by atoms with van der Waals surface area (Å²) in [6.45, 7) is 4.55. The molecule has 1 aliphatic carbocycles. The summed E-state index contributed by atoms with van der Waals surface area (Å²) in [4.78, 5) is 17.3. The quantitative estimate of drug-likeness (QED) is 0.442. The van der Waals surface area contributed by atoms with Crippen molar-refractivity contribution >= 4 is 11.6 Å². The number of hydrogen-bond acceptors (Lipinski definition) is 6. The zero-order chi connectivity index (χ0) is 22.8. The Hall–Kier alpha value is -4.07. The molecule has 2 heterocycles. The number of nitrogens with zero attached hydrogens (tertiary/aromatic N) is 4. The van der Waals surface area contributed by atoms with Gasteiger partial charge < -0.3 is 10.1 Å². The van der Waals surface area contributed by atoms with E-state index in [0.717, 1.165) is 23.1 Å². The minimum Gasteiger partial charge on any atom is -0.478 e. The zero-order valence-electron chi connectivity index (χ0n) is 18.4. The standard InChI is InChI=1S/C25H24N6O2/c1-3-33-23-10-7-17(14-26-23)19-9-8-18(12-21(19)24-28-30-31-29-24)27-25(32)22-13-20(22)16-6-4-5-15(2)11-16/h4-12,14,20,22H,3,13H2,1-2H3,(H,27,32)(H,28,29,30,31). The molecule has 2 unspecified atom stereocenters. The number of anilines is 1. The molecule has 8 heteroatoms. The fourth-order valence-electron chi connectivity index (χ4n) is 4.10. The molecule has 2 aromatic heterocycles. The van der Waals surface area contributed by atoms with Crippen LogP contribution in [0.5, 0.6) is 5.88 Å². The van der Waals surface area contributed by atoms with Crippen LogP contribution >= 0.6 is 0 Å². The molecular weight excluding hydrogens is 416 g/mol. The zero-order valence-corrected chi connectivity index (χ0v) is 18.4. The van der Waals surface area contributed by atoms with E-state index in [1.807, 2.05) is 43.3 Å². The molecule has 0 bridgehead atoms. The molecule has 1 amide bonds. The Balaban J connectivity index is 1.38. The topological polar surface area (TPSA) is 106 Å². The van der Waals surface area contributed by atoms with E-state index in [-0.39, 0.29) is 17.7 Å². The van der Waals surface area contributed by atoms with Gasteiger partial charge in [-0.1, -0.05) is 35.9 Å². The average molecular weight is 441 g/mol. The molecule has 5 rings (SSSR count). The second kappa shape index (κ2) is 8.82. The maximum absolute atomic E-state index is 12.9. The number of rotatable bonds is 7. The van der Waals surface area contributed by atoms with Crippen molar-refractivity contribution in [2.75, 3.05) is 11.9 Å². The number of carbonyl (C=O) groups excluding carboxylic acids is 1. The molecule has 166 valence electrons. The number of hydrogen-bond donors (Lipinski definition) is 2. The van der Waals surface area contributed by atoms with Gasteiger partial charge in [-0.2, -0.15) is 0 Å². The lowest BCUT2D eigenvalue weighted by Gasteiger charge is -2.12. The average Bonchev–Trinajstić information content (AvgIpc) is 3.45. The summed E-state index contributed by atoms with van der Waals surface area (Å²) in [5.74, 6) is 1.37. The lowest BCUT2D eigenvalue weighted by atomic mass is 9.99. The number of amides is 1. The van der Waals surface area contributed by atoms with Gasteiger partial charge in [0.2, 0.25) is 11.8 Å². The van der Waals surface area contributed by atoms with Crippen LogP contribution in [0.1, 0.15) is 30.4 Å². The summed E-state index contributed by atoms with van der Waals surface area (Å²) in [7, 11) is 0. The van der Waals surface area contributed by atoms with Crippen LogP contribution in [0.3, 0.4) is 0 Å². The third kappa shape index (κ3) is 4.45. The number of H-pyrrole nitrogens is 1. The second-order valence-electron chi connectivity index (χ2n) is 8.18. The van der Waals surface area contributed by atoms with E-state index in [4.69, 9.17) is 4.74 Å². The maximum atomic E-state index is 12.9. The number of aromatic amines is 1. The minimum atomic E-state index is -0.0165. The van der Waals surface area contributed by atoms with Crippen LogP contribution in [0.15, 0.2) is 60.8 Å². The molecule has 2 aromatic carbocycles. The normalized spacial score (nSPS) is 16.9. The number of aryl methyl sites for hydroxylation is 1. The Morgan fingerprint density at radius 3 is 2.79 bits per heavy atom. The van der Waals surface area contributed by atoms with E-state index in [1.54, 1.807) is 6.20 Å². The van der Waals surface area contributed by atoms with Gasteiger partial charge in [0.25, 0.3) is 0 Å². The monoisotopic (exact) mass is 440 g/mol. The van der Waals surface area contributed by atoms with E-state index >= 15 is 0 Å². The number of pyridine rings is 1. The van der Waals surface area contributed by atoms with Crippen LogP contribution in [0.4, 0.5) is 5.69 Å². The van der Waals surface area contributed by atoms with Gasteiger partial charge in [-0.25, -0.2) is 10.1 Å². The molecule has 2 atom stereocenters. The Kier molecular flexibility index (Phi) is 5.56. The third-order valence-corrected chi connectivity index (χ3v) is 5.82. The van der Waals surface area contributed by atoms with Crippen molar-refractivity contribution < 1.29 is 9.53 Å². The van der Waals surface area contributed by atoms with Crippen molar-refractivity contribution in [3.8, 4) is 28.4 Å². The summed E-state index contributed by atoms with van der Waals surface area (Å²) in [6.07, 6.45) is 2.62. The van der Waals surface area contributed by atoms with Gasteiger partial charge in [-0.15, -0.1) is 5.10 Å². The number of ether oxygens (including phenoxy) is 1. The highest BCUT2D eigenvalue weighted by molar-refractivity contribution is 5.96. The first-order valence-electron chi connectivity index (χ1n) is 11.0. The highest BCUT2D eigenvalue weighted by atomic mass is 16.5. The van der Waals surface area contributed by atoms with Gasteiger partial charge in [0.1, 0.15) is 0 Å². The minimum absolute atomic E-state index is 0.0165. The molecule has 0 spiro atoms. The molecule has 1 fully saturated rings. The van der Waals surface area contributed by atoms with Crippen molar-refractivity contribution in [3.05, 3.63) is 71.9 Å². The molecule has 1 aliphatic rings. The Bertz CT molecular complexity index is 1270.